The van der Waals surface area contributed by atoms with Crippen LogP contribution >= 0.6 is 23.2 Å². The lowest BCUT2D eigenvalue weighted by Crippen LogP contribution is -2.44. The highest BCUT2D eigenvalue weighted by Crippen LogP contribution is 2.39. The van der Waals surface area contributed by atoms with Crippen LogP contribution in [0.3, 0.4) is 0 Å². The van der Waals surface area contributed by atoms with Gasteiger partial charge in [-0.2, -0.15) is 17.5 Å². The van der Waals surface area contributed by atoms with Gasteiger partial charge in [-0.1, -0.05) is 23.2 Å². The summed E-state index contributed by atoms with van der Waals surface area (Å²) in [5.41, 5.74) is 0. The van der Waals surface area contributed by atoms with Crippen molar-refractivity contribution >= 4 is 33.2 Å². The van der Waals surface area contributed by atoms with E-state index in [0.29, 0.717) is 4.31 Å². The van der Waals surface area contributed by atoms with E-state index >= 15 is 0 Å². The average Bonchev–Trinajstić information content (AvgIpc) is 2.42. The van der Waals surface area contributed by atoms with E-state index in [-0.39, 0.29) is 29.4 Å². The fourth-order valence-electron chi connectivity index (χ4n) is 2.31. The molecule has 4 nitrogen and oxygen atoms in total. The summed E-state index contributed by atoms with van der Waals surface area (Å²) in [5, 5.41) is 9.48. The van der Waals surface area contributed by atoms with Crippen LogP contribution in [-0.4, -0.2) is 37.1 Å². The number of phenolic OH excluding ortho intramolecular Hbond substituents is 1. The average molecular weight is 378 g/mol. The summed E-state index contributed by atoms with van der Waals surface area (Å²) in [7, 11) is -4.32. The first-order valence-electron chi connectivity index (χ1n) is 6.28. The molecule has 0 unspecified atom stereocenters. The molecule has 1 N–H and O–H groups in total. The Morgan fingerprint density at radius 1 is 1.27 bits per heavy atom. The van der Waals surface area contributed by atoms with Gasteiger partial charge in [0.1, 0.15) is 4.90 Å². The zero-order valence-corrected chi connectivity index (χ0v) is 13.4. The molecule has 0 amide bonds. The van der Waals surface area contributed by atoms with Crippen molar-refractivity contribution in [1.29, 1.82) is 0 Å². The number of nitrogens with zero attached hydrogens (tertiary/aromatic N) is 1. The van der Waals surface area contributed by atoms with Crippen LogP contribution in [0, 0.1) is 5.92 Å². The van der Waals surface area contributed by atoms with Crippen LogP contribution in [0.1, 0.15) is 12.8 Å². The second-order valence-electron chi connectivity index (χ2n) is 4.98. The molecule has 0 radical (unpaired) electrons. The first-order valence-corrected chi connectivity index (χ1v) is 8.48. The number of alkyl halides is 3. The number of piperidine rings is 1. The molecular formula is C12H12Cl2F3NO3S. The molecule has 1 aliphatic heterocycles. The van der Waals surface area contributed by atoms with Gasteiger partial charge in [-0.05, 0) is 25.0 Å². The predicted molar refractivity (Wildman–Crippen MR) is 75.7 cm³/mol. The highest BCUT2D eigenvalue weighted by Gasteiger charge is 2.44. The summed E-state index contributed by atoms with van der Waals surface area (Å²) in [6.45, 7) is -0.742. The Morgan fingerprint density at radius 3 is 2.50 bits per heavy atom. The van der Waals surface area contributed by atoms with Crippen molar-refractivity contribution in [3.8, 4) is 5.75 Å². The molecular weight excluding hydrogens is 366 g/mol. The highest BCUT2D eigenvalue weighted by molar-refractivity contribution is 7.89. The van der Waals surface area contributed by atoms with E-state index in [1.165, 1.54) is 0 Å². The van der Waals surface area contributed by atoms with Crippen molar-refractivity contribution in [2.45, 2.75) is 23.9 Å². The molecule has 0 bridgehead atoms. The molecule has 0 spiro atoms. The van der Waals surface area contributed by atoms with E-state index in [1.54, 1.807) is 0 Å². The van der Waals surface area contributed by atoms with Crippen molar-refractivity contribution in [2.75, 3.05) is 13.1 Å². The minimum absolute atomic E-state index is 0.0363. The minimum atomic E-state index is -4.47. The normalized spacial score (nSPS) is 21.0. The van der Waals surface area contributed by atoms with Crippen LogP contribution in [0.15, 0.2) is 17.0 Å². The predicted octanol–water partition coefficient (Wildman–Crippen LogP) is 3.66. The molecule has 1 heterocycles. The van der Waals surface area contributed by atoms with Gasteiger partial charge in [0.2, 0.25) is 10.0 Å². The molecule has 1 saturated heterocycles. The molecule has 0 aromatic heterocycles. The third-order valence-electron chi connectivity index (χ3n) is 3.46. The first-order chi connectivity index (χ1) is 10.0. The molecule has 0 saturated carbocycles. The molecule has 1 aliphatic rings. The van der Waals surface area contributed by atoms with Crippen molar-refractivity contribution in [3.05, 3.63) is 22.2 Å². The highest BCUT2D eigenvalue weighted by atomic mass is 35.5. The van der Waals surface area contributed by atoms with Gasteiger partial charge < -0.3 is 5.11 Å². The van der Waals surface area contributed by atoms with E-state index < -0.39 is 39.3 Å². The maximum Gasteiger partial charge on any atom is 0.393 e. The Hall–Kier alpha value is -0.700. The molecule has 1 atom stereocenters. The van der Waals surface area contributed by atoms with Gasteiger partial charge in [0.15, 0.2) is 5.75 Å². The number of benzene rings is 1. The van der Waals surface area contributed by atoms with Crippen molar-refractivity contribution in [3.63, 3.8) is 0 Å². The van der Waals surface area contributed by atoms with Crippen LogP contribution in [0.2, 0.25) is 10.0 Å². The number of hydrogen-bond acceptors (Lipinski definition) is 3. The van der Waals surface area contributed by atoms with Crippen molar-refractivity contribution in [1.82, 2.24) is 4.31 Å². The molecule has 0 aliphatic carbocycles. The summed E-state index contributed by atoms with van der Waals surface area (Å²) < 4.78 is 64.0. The van der Waals surface area contributed by atoms with Gasteiger partial charge in [-0.3, -0.25) is 0 Å². The second-order valence-corrected chi connectivity index (χ2v) is 7.73. The van der Waals surface area contributed by atoms with Gasteiger partial charge in [0.05, 0.1) is 10.9 Å². The Balaban J connectivity index is 2.39. The number of hydrogen-bond donors (Lipinski definition) is 1. The Labute approximate surface area is 135 Å². The maximum absolute atomic E-state index is 12.8. The lowest BCUT2D eigenvalue weighted by Gasteiger charge is -2.33. The molecule has 1 fully saturated rings. The van der Waals surface area contributed by atoms with Crippen molar-refractivity contribution in [2.24, 2.45) is 5.92 Å². The quantitative estimate of drug-likeness (QED) is 0.855. The Bertz CT molecular complexity index is 679. The van der Waals surface area contributed by atoms with Gasteiger partial charge >= 0.3 is 6.18 Å². The summed E-state index contributed by atoms with van der Waals surface area (Å²) in [4.78, 5) is -0.590. The second kappa shape index (κ2) is 6.07. The number of rotatable bonds is 2. The summed E-state index contributed by atoms with van der Waals surface area (Å²) >= 11 is 11.4. The van der Waals surface area contributed by atoms with Gasteiger partial charge in [-0.15, -0.1) is 0 Å². The number of aromatic hydroxyl groups is 1. The molecule has 1 aromatic rings. The minimum Gasteiger partial charge on any atom is -0.505 e. The molecule has 124 valence electrons. The zero-order chi connectivity index (χ0) is 16.7. The van der Waals surface area contributed by atoms with E-state index in [1.807, 2.05) is 0 Å². The van der Waals surface area contributed by atoms with E-state index in [4.69, 9.17) is 23.2 Å². The summed E-state index contributed by atoms with van der Waals surface area (Å²) in [5.74, 6) is -2.45. The Kier molecular flexibility index (Phi) is 4.87. The lowest BCUT2D eigenvalue weighted by atomic mass is 9.99. The number of phenols is 1. The first kappa shape index (κ1) is 17.7. The zero-order valence-electron chi connectivity index (χ0n) is 11.1. The third kappa shape index (κ3) is 3.45. The third-order valence-corrected chi connectivity index (χ3v) is 5.84. The summed E-state index contributed by atoms with van der Waals surface area (Å²) in [6.07, 6.45) is -4.52. The molecule has 1 aromatic carbocycles. The van der Waals surface area contributed by atoms with Crippen LogP contribution in [-0.2, 0) is 10.0 Å². The molecule has 22 heavy (non-hydrogen) atoms. The monoisotopic (exact) mass is 377 g/mol. The van der Waals surface area contributed by atoms with Crippen molar-refractivity contribution < 1.29 is 26.7 Å². The number of halogens is 5. The topological polar surface area (TPSA) is 57.6 Å². The maximum atomic E-state index is 12.8. The van der Waals surface area contributed by atoms with Crippen LogP contribution < -0.4 is 0 Å². The Morgan fingerprint density at radius 2 is 1.91 bits per heavy atom. The largest absolute Gasteiger partial charge is 0.505 e. The van der Waals surface area contributed by atoms with Gasteiger partial charge in [0, 0.05) is 18.1 Å². The van der Waals surface area contributed by atoms with E-state index in [0.717, 1.165) is 12.1 Å². The van der Waals surface area contributed by atoms with Gasteiger partial charge in [-0.25, -0.2) is 8.42 Å². The van der Waals surface area contributed by atoms with Crippen LogP contribution in [0.4, 0.5) is 13.2 Å². The molecule has 2 rings (SSSR count). The number of sulfonamides is 1. The SMILES string of the molecule is O=S(=O)(c1cc(Cl)cc(Cl)c1O)N1CCC[C@H](C(F)(F)F)C1. The lowest BCUT2D eigenvalue weighted by molar-refractivity contribution is -0.182. The van der Waals surface area contributed by atoms with E-state index in [9.17, 15) is 26.7 Å². The van der Waals surface area contributed by atoms with Crippen LogP contribution in [0.25, 0.3) is 0 Å². The summed E-state index contributed by atoms with van der Waals surface area (Å²) in [6, 6.07) is 2.11. The van der Waals surface area contributed by atoms with E-state index in [2.05, 4.69) is 0 Å². The smallest absolute Gasteiger partial charge is 0.393 e. The molecule has 10 heteroatoms. The standard InChI is InChI=1S/C12H12Cl2F3NO3S/c13-8-4-9(14)11(19)10(5-8)22(20,21)18-3-1-2-7(6-18)12(15,16)17/h4-5,7,19H,1-3,6H2/t7-/m0/s1. The fourth-order valence-corrected chi connectivity index (χ4v) is 4.57. The fraction of sp³-hybridized carbons (Fsp3) is 0.500. The van der Waals surface area contributed by atoms with Gasteiger partial charge in [0.25, 0.3) is 0 Å². The van der Waals surface area contributed by atoms with Crippen LogP contribution in [0.5, 0.6) is 5.75 Å².